The van der Waals surface area contributed by atoms with Crippen molar-refractivity contribution < 1.29 is 4.74 Å². The van der Waals surface area contributed by atoms with Gasteiger partial charge in [0.05, 0.1) is 25.5 Å². The predicted molar refractivity (Wildman–Crippen MR) is 73.4 cm³/mol. The number of hydrogen-bond donors (Lipinski definition) is 1. The minimum absolute atomic E-state index is 0.745. The van der Waals surface area contributed by atoms with Gasteiger partial charge in [-0.1, -0.05) is 0 Å². The van der Waals surface area contributed by atoms with Crippen LogP contribution >= 0.6 is 23.1 Å². The highest BCUT2D eigenvalue weighted by molar-refractivity contribution is 7.98. The number of rotatable bonds is 6. The molecule has 0 spiro atoms. The van der Waals surface area contributed by atoms with Crippen molar-refractivity contribution in [2.24, 2.45) is 5.73 Å². The second kappa shape index (κ2) is 7.33. The minimum Gasteiger partial charge on any atom is -0.379 e. The van der Waals surface area contributed by atoms with Gasteiger partial charge in [0, 0.05) is 36.5 Å². The molecule has 0 radical (unpaired) electrons. The molecule has 1 saturated heterocycles. The van der Waals surface area contributed by atoms with Crippen LogP contribution in [0.25, 0.3) is 0 Å². The van der Waals surface area contributed by atoms with Gasteiger partial charge < -0.3 is 10.5 Å². The van der Waals surface area contributed by atoms with Crippen molar-refractivity contribution in [1.82, 2.24) is 9.88 Å². The van der Waals surface area contributed by atoms with E-state index in [1.807, 2.05) is 11.8 Å². The van der Waals surface area contributed by atoms with E-state index >= 15 is 0 Å². The second-order valence-corrected chi connectivity index (χ2v) is 6.01. The molecule has 17 heavy (non-hydrogen) atoms. The van der Waals surface area contributed by atoms with E-state index in [2.05, 4.69) is 15.3 Å². The average molecular weight is 273 g/mol. The molecule has 0 aromatic carbocycles. The van der Waals surface area contributed by atoms with E-state index in [0.717, 1.165) is 50.9 Å². The molecular formula is C11H19N3OS2. The normalized spacial score (nSPS) is 17.5. The van der Waals surface area contributed by atoms with Gasteiger partial charge in [-0.05, 0) is 0 Å². The number of morpholine rings is 1. The summed E-state index contributed by atoms with van der Waals surface area (Å²) in [6.07, 6.45) is 0. The van der Waals surface area contributed by atoms with Crippen molar-refractivity contribution in [2.75, 3.05) is 38.6 Å². The molecule has 0 unspecified atom stereocenters. The first kappa shape index (κ1) is 13.3. The second-order valence-electron chi connectivity index (χ2n) is 3.96. The summed E-state index contributed by atoms with van der Waals surface area (Å²) in [5.74, 6) is 1.99. The highest BCUT2D eigenvalue weighted by Crippen LogP contribution is 2.17. The SMILES string of the molecule is NCCSCc1csc(CN2CCOCC2)n1. The van der Waals surface area contributed by atoms with Gasteiger partial charge in [-0.2, -0.15) is 11.8 Å². The first-order valence-electron chi connectivity index (χ1n) is 5.89. The molecule has 0 saturated carbocycles. The van der Waals surface area contributed by atoms with Gasteiger partial charge >= 0.3 is 0 Å². The molecule has 2 heterocycles. The minimum atomic E-state index is 0.745. The first-order valence-corrected chi connectivity index (χ1v) is 7.93. The molecule has 0 aliphatic carbocycles. The van der Waals surface area contributed by atoms with Crippen LogP contribution in [0.5, 0.6) is 0 Å². The van der Waals surface area contributed by atoms with Crippen LogP contribution in [-0.4, -0.2) is 48.5 Å². The van der Waals surface area contributed by atoms with E-state index < -0.39 is 0 Å². The Kier molecular flexibility index (Phi) is 5.73. The fourth-order valence-electron chi connectivity index (χ4n) is 1.70. The zero-order valence-electron chi connectivity index (χ0n) is 9.93. The molecule has 96 valence electrons. The zero-order valence-corrected chi connectivity index (χ0v) is 11.6. The molecule has 1 aromatic rings. The topological polar surface area (TPSA) is 51.4 Å². The lowest BCUT2D eigenvalue weighted by Crippen LogP contribution is -2.35. The Hall–Kier alpha value is -0.140. The van der Waals surface area contributed by atoms with Gasteiger partial charge in [0.15, 0.2) is 0 Å². The predicted octanol–water partition coefficient (Wildman–Crippen LogP) is 1.17. The number of nitrogens with two attached hydrogens (primary N) is 1. The molecule has 1 aliphatic heterocycles. The van der Waals surface area contributed by atoms with Crippen molar-refractivity contribution in [3.8, 4) is 0 Å². The Morgan fingerprint density at radius 3 is 3.06 bits per heavy atom. The van der Waals surface area contributed by atoms with Crippen LogP contribution in [0.15, 0.2) is 5.38 Å². The maximum atomic E-state index is 5.46. The number of nitrogens with zero attached hydrogens (tertiary/aromatic N) is 2. The molecule has 1 aromatic heterocycles. The summed E-state index contributed by atoms with van der Waals surface area (Å²) in [4.78, 5) is 7.05. The molecule has 6 heteroatoms. The van der Waals surface area contributed by atoms with Gasteiger partial charge in [0.2, 0.25) is 0 Å². The third kappa shape index (κ3) is 4.56. The Morgan fingerprint density at radius 2 is 2.29 bits per heavy atom. The fraction of sp³-hybridized carbons (Fsp3) is 0.727. The first-order chi connectivity index (χ1) is 8.38. The third-order valence-electron chi connectivity index (χ3n) is 2.57. The van der Waals surface area contributed by atoms with E-state index in [0.29, 0.717) is 0 Å². The molecule has 0 atom stereocenters. The molecular weight excluding hydrogens is 254 g/mol. The molecule has 1 aliphatic rings. The Balaban J connectivity index is 1.76. The number of hydrogen-bond acceptors (Lipinski definition) is 6. The van der Waals surface area contributed by atoms with Crippen LogP contribution in [0.4, 0.5) is 0 Å². The van der Waals surface area contributed by atoms with Crippen LogP contribution in [0.3, 0.4) is 0 Å². The van der Waals surface area contributed by atoms with Crippen LogP contribution in [0, 0.1) is 0 Å². The Bertz CT molecular complexity index is 326. The molecule has 4 nitrogen and oxygen atoms in total. The lowest BCUT2D eigenvalue weighted by molar-refractivity contribution is 0.0341. The number of thiazole rings is 1. The van der Waals surface area contributed by atoms with Crippen molar-refractivity contribution in [2.45, 2.75) is 12.3 Å². The van der Waals surface area contributed by atoms with Gasteiger partial charge in [-0.15, -0.1) is 11.3 Å². The zero-order chi connectivity index (χ0) is 11.9. The number of ether oxygens (including phenoxy) is 1. The summed E-state index contributed by atoms with van der Waals surface area (Å²) in [5.41, 5.74) is 6.66. The Labute approximate surface area is 111 Å². The Morgan fingerprint density at radius 1 is 1.47 bits per heavy atom. The van der Waals surface area contributed by atoms with Gasteiger partial charge in [-0.25, -0.2) is 4.98 Å². The molecule has 2 N–H and O–H groups in total. The van der Waals surface area contributed by atoms with E-state index in [1.54, 1.807) is 11.3 Å². The summed E-state index contributed by atoms with van der Waals surface area (Å²) in [6.45, 7) is 5.47. The van der Waals surface area contributed by atoms with E-state index in [9.17, 15) is 0 Å². The van der Waals surface area contributed by atoms with Crippen molar-refractivity contribution in [3.05, 3.63) is 16.1 Å². The largest absolute Gasteiger partial charge is 0.379 e. The maximum absolute atomic E-state index is 5.46. The van der Waals surface area contributed by atoms with E-state index in [1.165, 1.54) is 10.7 Å². The van der Waals surface area contributed by atoms with E-state index in [4.69, 9.17) is 10.5 Å². The molecule has 0 amide bonds. The van der Waals surface area contributed by atoms with Crippen molar-refractivity contribution in [1.29, 1.82) is 0 Å². The molecule has 1 fully saturated rings. The lowest BCUT2D eigenvalue weighted by atomic mass is 10.4. The highest BCUT2D eigenvalue weighted by atomic mass is 32.2. The standard InChI is InChI=1S/C11H19N3OS2/c12-1-6-16-8-10-9-17-11(13-10)7-14-2-4-15-5-3-14/h9H,1-8,12H2. The third-order valence-corrected chi connectivity index (χ3v) is 4.48. The van der Waals surface area contributed by atoms with E-state index in [-0.39, 0.29) is 0 Å². The van der Waals surface area contributed by atoms with Gasteiger partial charge in [-0.3, -0.25) is 4.90 Å². The summed E-state index contributed by atoms with van der Waals surface area (Å²) in [6, 6.07) is 0. The van der Waals surface area contributed by atoms with Crippen molar-refractivity contribution in [3.63, 3.8) is 0 Å². The smallest absolute Gasteiger partial charge is 0.107 e. The summed E-state index contributed by atoms with van der Waals surface area (Å²) in [5, 5.41) is 3.38. The van der Waals surface area contributed by atoms with Gasteiger partial charge in [0.25, 0.3) is 0 Å². The quantitative estimate of drug-likeness (QED) is 0.789. The van der Waals surface area contributed by atoms with Crippen LogP contribution in [0.1, 0.15) is 10.7 Å². The fourth-order valence-corrected chi connectivity index (χ4v) is 3.31. The van der Waals surface area contributed by atoms with Gasteiger partial charge in [0.1, 0.15) is 5.01 Å². The number of thioether (sulfide) groups is 1. The number of aromatic nitrogens is 1. The molecule has 0 bridgehead atoms. The monoisotopic (exact) mass is 273 g/mol. The lowest BCUT2D eigenvalue weighted by Gasteiger charge is -2.25. The van der Waals surface area contributed by atoms with Crippen LogP contribution < -0.4 is 5.73 Å². The summed E-state index contributed by atoms with van der Waals surface area (Å²) < 4.78 is 5.33. The van der Waals surface area contributed by atoms with Crippen molar-refractivity contribution >= 4 is 23.1 Å². The van der Waals surface area contributed by atoms with Crippen LogP contribution in [0.2, 0.25) is 0 Å². The summed E-state index contributed by atoms with van der Waals surface area (Å²) >= 11 is 3.61. The molecule has 2 rings (SSSR count). The maximum Gasteiger partial charge on any atom is 0.107 e. The highest BCUT2D eigenvalue weighted by Gasteiger charge is 2.12. The van der Waals surface area contributed by atoms with Crippen LogP contribution in [-0.2, 0) is 17.0 Å². The average Bonchev–Trinajstić information content (AvgIpc) is 2.79. The summed E-state index contributed by atoms with van der Waals surface area (Å²) in [7, 11) is 0.